The van der Waals surface area contributed by atoms with Crippen LogP contribution in [0, 0.1) is 5.92 Å². The lowest BCUT2D eigenvalue weighted by atomic mass is 10.1. The fourth-order valence-electron chi connectivity index (χ4n) is 0.394. The van der Waals surface area contributed by atoms with Gasteiger partial charge in [-0.25, -0.2) is 0 Å². The zero-order chi connectivity index (χ0) is 4.57. The fraction of sp³-hybridized carbons (Fsp3) is 0.800. The molecule has 0 saturated carbocycles. The van der Waals surface area contributed by atoms with Crippen molar-refractivity contribution < 1.29 is 0 Å². The van der Waals surface area contributed by atoms with Crippen LogP contribution in [-0.4, -0.2) is 12.3 Å². The van der Waals surface area contributed by atoms with Crippen LogP contribution in [0.4, 0.5) is 0 Å². The molecule has 0 amide bonds. The van der Waals surface area contributed by atoms with Crippen LogP contribution in [0.3, 0.4) is 0 Å². The molecule has 1 rings (SSSR count). The van der Waals surface area contributed by atoms with E-state index in [2.05, 4.69) is 18.8 Å². The van der Waals surface area contributed by atoms with Gasteiger partial charge in [-0.3, -0.25) is 4.99 Å². The molecule has 0 aromatic rings. The first-order valence-corrected chi connectivity index (χ1v) is 2.34. The quantitative estimate of drug-likeness (QED) is 0.450. The van der Waals surface area contributed by atoms with Gasteiger partial charge in [0.15, 0.2) is 0 Å². The van der Waals surface area contributed by atoms with Crippen LogP contribution in [0.1, 0.15) is 13.8 Å². The number of hydrogen-bond donors (Lipinski definition) is 0. The maximum Gasteiger partial charge on any atom is 0.0866 e. The molecule has 1 aliphatic heterocycles. The van der Waals surface area contributed by atoms with E-state index >= 15 is 0 Å². The van der Waals surface area contributed by atoms with E-state index < -0.39 is 0 Å². The van der Waals surface area contributed by atoms with Gasteiger partial charge in [0.2, 0.25) is 0 Å². The van der Waals surface area contributed by atoms with Gasteiger partial charge in [0.05, 0.1) is 6.04 Å². The van der Waals surface area contributed by atoms with Crippen LogP contribution < -0.4 is 0 Å². The molecule has 0 fully saturated rings. The van der Waals surface area contributed by atoms with Gasteiger partial charge in [-0.15, -0.1) is 0 Å². The third kappa shape index (κ3) is 0.588. The minimum Gasteiger partial charge on any atom is -0.286 e. The Morgan fingerprint density at radius 3 is 2.17 bits per heavy atom. The van der Waals surface area contributed by atoms with Gasteiger partial charge in [-0.1, -0.05) is 13.8 Å². The molecule has 34 valence electrons. The Bertz CT molecular complexity index is 68.0. The van der Waals surface area contributed by atoms with Gasteiger partial charge in [-0.05, 0) is 5.92 Å². The normalized spacial score (nSPS) is 28.8. The first kappa shape index (κ1) is 3.85. The van der Waals surface area contributed by atoms with Crippen molar-refractivity contribution in [3.63, 3.8) is 0 Å². The zero-order valence-electron chi connectivity index (χ0n) is 4.18. The summed E-state index contributed by atoms with van der Waals surface area (Å²) in [5, 5.41) is 0. The molecule has 0 aromatic heterocycles. The first-order chi connectivity index (χ1) is 2.80. The molecule has 1 unspecified atom stereocenters. The Kier molecular flexibility index (Phi) is 0.685. The summed E-state index contributed by atoms with van der Waals surface area (Å²) in [5.74, 6) is 0.741. The zero-order valence-corrected chi connectivity index (χ0v) is 4.18. The van der Waals surface area contributed by atoms with Crippen molar-refractivity contribution in [2.75, 3.05) is 0 Å². The third-order valence-electron chi connectivity index (χ3n) is 1.00. The highest BCUT2D eigenvalue weighted by molar-refractivity contribution is 5.77. The van der Waals surface area contributed by atoms with Gasteiger partial charge in [0.25, 0.3) is 0 Å². The molecule has 6 heavy (non-hydrogen) atoms. The smallest absolute Gasteiger partial charge is 0.0866 e. The second-order valence-corrected chi connectivity index (χ2v) is 2.03. The highest BCUT2D eigenvalue weighted by Crippen LogP contribution is 2.11. The van der Waals surface area contributed by atoms with E-state index in [1.165, 1.54) is 0 Å². The minimum atomic E-state index is 0.602. The molecular weight excluding hydrogens is 74.1 g/mol. The van der Waals surface area contributed by atoms with Gasteiger partial charge in [0.1, 0.15) is 0 Å². The average molecular weight is 83.1 g/mol. The van der Waals surface area contributed by atoms with E-state index in [9.17, 15) is 0 Å². The Morgan fingerprint density at radius 1 is 1.67 bits per heavy atom. The largest absolute Gasteiger partial charge is 0.286 e. The van der Waals surface area contributed by atoms with Gasteiger partial charge < -0.3 is 0 Å². The van der Waals surface area contributed by atoms with E-state index in [-0.39, 0.29) is 0 Å². The predicted molar refractivity (Wildman–Crippen MR) is 27.1 cm³/mol. The molecule has 1 aliphatic rings. The van der Waals surface area contributed by atoms with Crippen molar-refractivity contribution in [2.45, 2.75) is 19.9 Å². The molecule has 0 saturated heterocycles. The SMILES string of the molecule is CC(C)C1C=N1. The van der Waals surface area contributed by atoms with Crippen molar-refractivity contribution in [3.05, 3.63) is 0 Å². The second-order valence-electron chi connectivity index (χ2n) is 2.03. The topological polar surface area (TPSA) is 12.4 Å². The molecule has 1 heterocycles. The Balaban J connectivity index is 2.16. The summed E-state index contributed by atoms with van der Waals surface area (Å²) in [6, 6.07) is 0.602. The Hall–Kier alpha value is -0.330. The number of aliphatic imine (C=N–C) groups is 1. The van der Waals surface area contributed by atoms with E-state index in [1.807, 2.05) is 6.21 Å². The van der Waals surface area contributed by atoms with Crippen LogP contribution in [0.2, 0.25) is 0 Å². The summed E-state index contributed by atoms with van der Waals surface area (Å²) in [6.07, 6.45) is 1.99. The van der Waals surface area contributed by atoms with Crippen LogP contribution in [0.25, 0.3) is 0 Å². The molecular formula is C5H9N. The second kappa shape index (κ2) is 1.07. The van der Waals surface area contributed by atoms with Crippen LogP contribution >= 0.6 is 0 Å². The molecule has 0 bridgehead atoms. The van der Waals surface area contributed by atoms with Crippen molar-refractivity contribution in [2.24, 2.45) is 10.9 Å². The maximum absolute atomic E-state index is 3.98. The summed E-state index contributed by atoms with van der Waals surface area (Å²) in [4.78, 5) is 3.98. The van der Waals surface area contributed by atoms with Gasteiger partial charge >= 0.3 is 0 Å². The Labute approximate surface area is 38.1 Å². The molecule has 0 spiro atoms. The standard InChI is InChI=1S/C5H9N/c1-4(2)5-3-6-5/h3-5H,1-2H3. The van der Waals surface area contributed by atoms with Crippen molar-refractivity contribution in [1.29, 1.82) is 0 Å². The van der Waals surface area contributed by atoms with Crippen LogP contribution in [0.15, 0.2) is 4.99 Å². The van der Waals surface area contributed by atoms with Gasteiger partial charge in [-0.2, -0.15) is 0 Å². The maximum atomic E-state index is 3.98. The summed E-state index contributed by atoms with van der Waals surface area (Å²) in [6.45, 7) is 4.36. The van der Waals surface area contributed by atoms with E-state index in [0.29, 0.717) is 6.04 Å². The number of nitrogens with zero attached hydrogens (tertiary/aromatic N) is 1. The highest BCUT2D eigenvalue weighted by Gasteiger charge is 2.15. The van der Waals surface area contributed by atoms with E-state index in [0.717, 1.165) is 5.92 Å². The molecule has 0 aromatic carbocycles. The molecule has 1 heteroatoms. The lowest BCUT2D eigenvalue weighted by Crippen LogP contribution is -1.96. The molecule has 0 radical (unpaired) electrons. The van der Waals surface area contributed by atoms with Crippen molar-refractivity contribution in [1.82, 2.24) is 0 Å². The predicted octanol–water partition coefficient (Wildman–Crippen LogP) is 1.10. The Morgan fingerprint density at radius 2 is 2.17 bits per heavy atom. The van der Waals surface area contributed by atoms with Crippen molar-refractivity contribution in [3.8, 4) is 0 Å². The van der Waals surface area contributed by atoms with E-state index in [4.69, 9.17) is 0 Å². The third-order valence-corrected chi connectivity index (χ3v) is 1.00. The number of rotatable bonds is 1. The minimum absolute atomic E-state index is 0.602. The van der Waals surface area contributed by atoms with Crippen molar-refractivity contribution >= 4 is 6.21 Å². The van der Waals surface area contributed by atoms with Crippen LogP contribution in [-0.2, 0) is 0 Å². The summed E-state index contributed by atoms with van der Waals surface area (Å²) >= 11 is 0. The lowest BCUT2D eigenvalue weighted by molar-refractivity contribution is 0.653. The van der Waals surface area contributed by atoms with E-state index in [1.54, 1.807) is 0 Å². The average Bonchev–Trinajstić information content (AvgIpc) is 2.06. The molecule has 1 atom stereocenters. The summed E-state index contributed by atoms with van der Waals surface area (Å²) in [7, 11) is 0. The molecule has 0 N–H and O–H groups in total. The fourth-order valence-corrected chi connectivity index (χ4v) is 0.394. The lowest BCUT2D eigenvalue weighted by Gasteiger charge is -1.92. The summed E-state index contributed by atoms with van der Waals surface area (Å²) < 4.78 is 0. The van der Waals surface area contributed by atoms with Gasteiger partial charge in [0, 0.05) is 6.21 Å². The first-order valence-electron chi connectivity index (χ1n) is 2.34. The monoisotopic (exact) mass is 83.1 g/mol. The number of hydrogen-bond acceptors (Lipinski definition) is 1. The molecule has 0 aliphatic carbocycles. The summed E-state index contributed by atoms with van der Waals surface area (Å²) in [5.41, 5.74) is 0. The molecule has 1 nitrogen and oxygen atoms in total. The van der Waals surface area contributed by atoms with Crippen LogP contribution in [0.5, 0.6) is 0 Å². The highest BCUT2D eigenvalue weighted by atomic mass is 14.9.